The fourth-order valence-corrected chi connectivity index (χ4v) is 3.26. The summed E-state index contributed by atoms with van der Waals surface area (Å²) in [6, 6.07) is 7.25. The summed E-state index contributed by atoms with van der Waals surface area (Å²) in [6.07, 6.45) is 0.996. The number of anilines is 1. The van der Waals surface area contributed by atoms with Crippen molar-refractivity contribution in [3.05, 3.63) is 45.3 Å². The summed E-state index contributed by atoms with van der Waals surface area (Å²) in [5, 5.41) is 13.5. The summed E-state index contributed by atoms with van der Waals surface area (Å²) in [4.78, 5) is 27.8. The van der Waals surface area contributed by atoms with Crippen LogP contribution in [0.25, 0.3) is 21.5 Å². The lowest BCUT2D eigenvalue weighted by molar-refractivity contribution is 0.0701. The summed E-state index contributed by atoms with van der Waals surface area (Å²) in [7, 11) is 0. The average molecular weight is 344 g/mol. The molecule has 0 amide bonds. The Balaban J connectivity index is 2.07. The molecule has 0 atom stereocenters. The van der Waals surface area contributed by atoms with Gasteiger partial charge in [-0.3, -0.25) is 0 Å². The van der Waals surface area contributed by atoms with E-state index in [1.165, 1.54) is 0 Å². The van der Waals surface area contributed by atoms with Gasteiger partial charge in [-0.05, 0) is 31.5 Å². The van der Waals surface area contributed by atoms with E-state index in [0.29, 0.717) is 16.3 Å². The Morgan fingerprint density at radius 3 is 2.83 bits per heavy atom. The Bertz CT molecular complexity index is 974. The molecular formula is C17H16N2O4S. The van der Waals surface area contributed by atoms with Crippen molar-refractivity contribution in [2.45, 2.75) is 20.3 Å². The molecule has 0 unspecified atom stereocenters. The Morgan fingerprint density at radius 2 is 2.17 bits per heavy atom. The number of thiazole rings is 1. The van der Waals surface area contributed by atoms with Crippen LogP contribution >= 0.6 is 11.3 Å². The number of nitrogens with one attached hydrogen (secondary N) is 1. The molecule has 2 aromatic heterocycles. The average Bonchev–Trinajstić information content (AvgIpc) is 2.94. The molecular weight excluding hydrogens is 328 g/mol. The van der Waals surface area contributed by atoms with Crippen molar-refractivity contribution in [2.75, 3.05) is 11.9 Å². The van der Waals surface area contributed by atoms with Crippen LogP contribution in [0.3, 0.4) is 0 Å². The van der Waals surface area contributed by atoms with Gasteiger partial charge in [0.15, 0.2) is 0 Å². The first kappa shape index (κ1) is 16.2. The lowest BCUT2D eigenvalue weighted by Gasteiger charge is -2.06. The highest BCUT2D eigenvalue weighted by Gasteiger charge is 2.18. The quantitative estimate of drug-likeness (QED) is 0.685. The lowest BCUT2D eigenvalue weighted by Crippen LogP contribution is -2.03. The number of aromatic nitrogens is 1. The van der Waals surface area contributed by atoms with Gasteiger partial charge < -0.3 is 14.8 Å². The summed E-state index contributed by atoms with van der Waals surface area (Å²) < 4.78 is 5.40. The van der Waals surface area contributed by atoms with Gasteiger partial charge in [0.1, 0.15) is 15.5 Å². The zero-order valence-corrected chi connectivity index (χ0v) is 14.1. The van der Waals surface area contributed by atoms with E-state index < -0.39 is 11.6 Å². The van der Waals surface area contributed by atoms with E-state index in [0.717, 1.165) is 35.4 Å². The van der Waals surface area contributed by atoms with E-state index >= 15 is 0 Å². The van der Waals surface area contributed by atoms with Crippen molar-refractivity contribution in [2.24, 2.45) is 0 Å². The van der Waals surface area contributed by atoms with Crippen molar-refractivity contribution < 1.29 is 14.3 Å². The van der Waals surface area contributed by atoms with Gasteiger partial charge in [0.25, 0.3) is 0 Å². The van der Waals surface area contributed by atoms with Gasteiger partial charge in [-0.2, -0.15) is 0 Å². The second-order valence-electron chi connectivity index (χ2n) is 5.37. The molecule has 2 heterocycles. The summed E-state index contributed by atoms with van der Waals surface area (Å²) >= 11 is 0.975. The molecule has 0 radical (unpaired) electrons. The van der Waals surface area contributed by atoms with Gasteiger partial charge >= 0.3 is 11.6 Å². The monoisotopic (exact) mass is 344 g/mol. The number of carboxylic acid groups (broad SMARTS) is 1. The minimum atomic E-state index is -1.05. The predicted octanol–water partition coefficient (Wildman–Crippen LogP) is 3.75. The molecule has 0 aliphatic rings. The lowest BCUT2D eigenvalue weighted by atomic mass is 10.1. The molecule has 0 saturated heterocycles. The van der Waals surface area contributed by atoms with Crippen LogP contribution in [0.15, 0.2) is 33.5 Å². The smallest absolute Gasteiger partial charge is 0.347 e. The van der Waals surface area contributed by atoms with Gasteiger partial charge in [-0.15, -0.1) is 11.3 Å². The normalized spacial score (nSPS) is 10.9. The minimum absolute atomic E-state index is 0.128. The van der Waals surface area contributed by atoms with Crippen LogP contribution in [0.1, 0.15) is 28.7 Å². The van der Waals surface area contributed by atoms with Crippen LogP contribution in [0.4, 0.5) is 5.69 Å². The molecule has 0 saturated carbocycles. The number of fused-ring (bicyclic) bond motifs is 1. The SMILES string of the molecule is CCCNc1ccc2cc(-c3nc(C)c(C(=O)O)s3)c(=O)oc2c1. The molecule has 0 aliphatic carbocycles. The zero-order chi connectivity index (χ0) is 17.3. The first-order chi connectivity index (χ1) is 11.5. The molecule has 6 nitrogen and oxygen atoms in total. The largest absolute Gasteiger partial charge is 0.477 e. The Morgan fingerprint density at radius 1 is 1.38 bits per heavy atom. The highest BCUT2D eigenvalue weighted by atomic mass is 32.1. The first-order valence-electron chi connectivity index (χ1n) is 7.52. The van der Waals surface area contributed by atoms with E-state index in [4.69, 9.17) is 9.52 Å². The number of aryl methyl sites for hydroxylation is 1. The molecule has 0 spiro atoms. The van der Waals surface area contributed by atoms with Crippen molar-refractivity contribution in [1.29, 1.82) is 0 Å². The van der Waals surface area contributed by atoms with E-state index in [9.17, 15) is 9.59 Å². The third-order valence-electron chi connectivity index (χ3n) is 3.54. The number of carboxylic acids is 1. The number of hydrogen-bond donors (Lipinski definition) is 2. The number of nitrogens with zero attached hydrogens (tertiary/aromatic N) is 1. The standard InChI is InChI=1S/C17H16N2O4S/c1-3-6-18-11-5-4-10-7-12(17(22)23-13(10)8-11)15-19-9(2)14(24-15)16(20)21/h4-5,7-8,18H,3,6H2,1-2H3,(H,20,21). The summed E-state index contributed by atoms with van der Waals surface area (Å²) in [6.45, 7) is 4.52. The van der Waals surface area contributed by atoms with Crippen LogP contribution in [0.5, 0.6) is 0 Å². The van der Waals surface area contributed by atoms with Crippen molar-refractivity contribution in [3.8, 4) is 10.6 Å². The molecule has 2 N–H and O–H groups in total. The maximum Gasteiger partial charge on any atom is 0.347 e. The van der Waals surface area contributed by atoms with Crippen molar-refractivity contribution in [1.82, 2.24) is 4.98 Å². The molecule has 1 aromatic carbocycles. The van der Waals surface area contributed by atoms with Crippen LogP contribution in [-0.4, -0.2) is 22.6 Å². The predicted molar refractivity (Wildman–Crippen MR) is 94.1 cm³/mol. The second-order valence-corrected chi connectivity index (χ2v) is 6.36. The van der Waals surface area contributed by atoms with Crippen molar-refractivity contribution >= 4 is 34.0 Å². The fraction of sp³-hybridized carbons (Fsp3) is 0.235. The Kier molecular flexibility index (Phi) is 4.35. The molecule has 7 heteroatoms. The minimum Gasteiger partial charge on any atom is -0.477 e. The molecule has 24 heavy (non-hydrogen) atoms. The molecule has 0 fully saturated rings. The Hall–Kier alpha value is -2.67. The van der Waals surface area contributed by atoms with Crippen molar-refractivity contribution in [3.63, 3.8) is 0 Å². The van der Waals surface area contributed by atoms with Gasteiger partial charge in [0.2, 0.25) is 0 Å². The second kappa shape index (κ2) is 6.45. The number of carbonyl (C=O) groups is 1. The fourth-order valence-electron chi connectivity index (χ4n) is 2.35. The number of aromatic carboxylic acids is 1. The van der Waals surface area contributed by atoms with Gasteiger partial charge in [0.05, 0.1) is 11.3 Å². The number of benzene rings is 1. The van der Waals surface area contributed by atoms with Crippen LogP contribution < -0.4 is 10.9 Å². The van der Waals surface area contributed by atoms with E-state index in [-0.39, 0.29) is 10.4 Å². The summed E-state index contributed by atoms with van der Waals surface area (Å²) in [5.74, 6) is -1.05. The van der Waals surface area contributed by atoms with E-state index in [2.05, 4.69) is 17.2 Å². The molecule has 3 aromatic rings. The molecule has 0 bridgehead atoms. The van der Waals surface area contributed by atoms with Crippen LogP contribution in [0.2, 0.25) is 0 Å². The molecule has 0 aliphatic heterocycles. The van der Waals surface area contributed by atoms with Gasteiger partial charge in [-0.25, -0.2) is 14.6 Å². The van der Waals surface area contributed by atoms with Crippen LogP contribution in [0, 0.1) is 6.92 Å². The van der Waals surface area contributed by atoms with E-state index in [1.54, 1.807) is 19.1 Å². The third kappa shape index (κ3) is 3.03. The van der Waals surface area contributed by atoms with Gasteiger partial charge in [0, 0.05) is 23.7 Å². The maximum atomic E-state index is 12.3. The summed E-state index contributed by atoms with van der Waals surface area (Å²) in [5.41, 5.74) is 1.51. The molecule has 124 valence electrons. The Labute approximate surface area is 141 Å². The van der Waals surface area contributed by atoms with Gasteiger partial charge in [-0.1, -0.05) is 6.92 Å². The van der Waals surface area contributed by atoms with E-state index in [1.807, 2.05) is 12.1 Å². The first-order valence-corrected chi connectivity index (χ1v) is 8.34. The molecule has 3 rings (SSSR count). The highest BCUT2D eigenvalue weighted by molar-refractivity contribution is 7.17. The zero-order valence-electron chi connectivity index (χ0n) is 13.3. The van der Waals surface area contributed by atoms with Crippen LogP contribution in [-0.2, 0) is 0 Å². The topological polar surface area (TPSA) is 92.4 Å². The third-order valence-corrected chi connectivity index (χ3v) is 4.72. The maximum absolute atomic E-state index is 12.3. The number of rotatable bonds is 5. The number of hydrogen-bond acceptors (Lipinski definition) is 6. The highest BCUT2D eigenvalue weighted by Crippen LogP contribution is 2.28.